The lowest BCUT2D eigenvalue weighted by molar-refractivity contribution is 0.0858. The summed E-state index contributed by atoms with van der Waals surface area (Å²) >= 11 is 5.61. The first-order valence-electron chi connectivity index (χ1n) is 6.99. The average Bonchev–Trinajstić information content (AvgIpc) is 3.18. The van der Waals surface area contributed by atoms with E-state index in [4.69, 9.17) is 11.6 Å². The fourth-order valence-corrected chi connectivity index (χ4v) is 3.22. The highest BCUT2D eigenvalue weighted by molar-refractivity contribution is 6.30. The van der Waals surface area contributed by atoms with Crippen molar-refractivity contribution in [3.05, 3.63) is 34.4 Å². The van der Waals surface area contributed by atoms with Crippen LogP contribution >= 0.6 is 24.0 Å². The molecule has 2 unspecified atom stereocenters. The Morgan fingerprint density at radius 3 is 2.24 bits per heavy atom. The molecule has 1 aromatic carbocycles. The number of aliphatic hydroxyl groups is 1. The van der Waals surface area contributed by atoms with Crippen molar-refractivity contribution in [3.8, 4) is 0 Å². The quantitative estimate of drug-likeness (QED) is 0.817. The van der Waals surface area contributed by atoms with E-state index in [9.17, 15) is 13.9 Å². The zero-order chi connectivity index (χ0) is 14.9. The minimum absolute atomic E-state index is 0. The molecule has 0 radical (unpaired) electrons. The highest BCUT2D eigenvalue weighted by Crippen LogP contribution is 2.43. The molecular formula is C15H21Cl2F2NO. The van der Waals surface area contributed by atoms with Gasteiger partial charge in [0.2, 0.25) is 0 Å². The summed E-state index contributed by atoms with van der Waals surface area (Å²) in [4.78, 5) is 0. The molecule has 0 aromatic heterocycles. The van der Waals surface area contributed by atoms with Crippen molar-refractivity contribution in [1.82, 2.24) is 5.32 Å². The van der Waals surface area contributed by atoms with Crippen LogP contribution < -0.4 is 5.32 Å². The predicted molar refractivity (Wildman–Crippen MR) is 82.9 cm³/mol. The number of rotatable bonds is 6. The fraction of sp³-hybridized carbons (Fsp3) is 0.600. The van der Waals surface area contributed by atoms with Gasteiger partial charge in [-0.25, -0.2) is 8.78 Å². The number of nitrogens with one attached hydrogen (secondary N) is 1. The Morgan fingerprint density at radius 1 is 1.33 bits per heavy atom. The van der Waals surface area contributed by atoms with E-state index in [0.717, 1.165) is 31.4 Å². The van der Waals surface area contributed by atoms with E-state index in [2.05, 4.69) is 5.32 Å². The molecule has 2 N–H and O–H groups in total. The van der Waals surface area contributed by atoms with Crippen LogP contribution in [0, 0.1) is 23.5 Å². The van der Waals surface area contributed by atoms with Gasteiger partial charge in [0, 0.05) is 11.1 Å². The smallest absolute Gasteiger partial charge is 0.133 e. The predicted octanol–water partition coefficient (Wildman–Crippen LogP) is 4.10. The number of hydrogen-bond donors (Lipinski definition) is 2. The van der Waals surface area contributed by atoms with Crippen LogP contribution in [0.4, 0.5) is 8.78 Å². The van der Waals surface area contributed by atoms with Crippen LogP contribution in [0.25, 0.3) is 0 Å². The third-order valence-corrected chi connectivity index (χ3v) is 4.39. The number of aliphatic hydroxyl groups excluding tert-OH is 1. The number of halogens is 4. The lowest BCUT2D eigenvalue weighted by Gasteiger charge is -2.31. The SMILES string of the molecule is CCC(C1CC1)[C@H](NC)C(O)c1c(F)cc(Cl)cc1F.Cl. The van der Waals surface area contributed by atoms with E-state index in [1.165, 1.54) is 0 Å². The van der Waals surface area contributed by atoms with Crippen molar-refractivity contribution in [3.63, 3.8) is 0 Å². The molecule has 0 heterocycles. The summed E-state index contributed by atoms with van der Waals surface area (Å²) in [5, 5.41) is 13.4. The van der Waals surface area contributed by atoms with Gasteiger partial charge in [-0.3, -0.25) is 0 Å². The van der Waals surface area contributed by atoms with Crippen LogP contribution in [0.15, 0.2) is 12.1 Å². The Morgan fingerprint density at radius 2 is 1.86 bits per heavy atom. The van der Waals surface area contributed by atoms with Gasteiger partial charge < -0.3 is 10.4 Å². The van der Waals surface area contributed by atoms with Crippen molar-refractivity contribution in [1.29, 1.82) is 0 Å². The van der Waals surface area contributed by atoms with Crippen LogP contribution in [0.5, 0.6) is 0 Å². The fourth-order valence-electron chi connectivity index (χ4n) is 3.03. The summed E-state index contributed by atoms with van der Waals surface area (Å²) in [6.45, 7) is 2.04. The maximum atomic E-state index is 13.9. The molecule has 2 rings (SSSR count). The van der Waals surface area contributed by atoms with Crippen molar-refractivity contribution in [2.45, 2.75) is 38.3 Å². The second kappa shape index (κ2) is 7.73. The lowest BCUT2D eigenvalue weighted by atomic mass is 9.85. The molecule has 1 saturated carbocycles. The Bertz CT molecular complexity index is 460. The van der Waals surface area contributed by atoms with Gasteiger partial charge in [-0.05, 0) is 43.9 Å². The second-order valence-electron chi connectivity index (χ2n) is 5.45. The summed E-state index contributed by atoms with van der Waals surface area (Å²) in [7, 11) is 1.71. The molecule has 1 fully saturated rings. The molecular weight excluding hydrogens is 319 g/mol. The summed E-state index contributed by atoms with van der Waals surface area (Å²) in [5.41, 5.74) is -0.298. The summed E-state index contributed by atoms with van der Waals surface area (Å²) in [6, 6.07) is 1.71. The van der Waals surface area contributed by atoms with Gasteiger partial charge in [0.25, 0.3) is 0 Å². The molecule has 21 heavy (non-hydrogen) atoms. The average molecular weight is 340 g/mol. The van der Waals surface area contributed by atoms with E-state index in [1.807, 2.05) is 6.92 Å². The molecule has 0 aliphatic heterocycles. The molecule has 120 valence electrons. The number of hydrogen-bond acceptors (Lipinski definition) is 2. The van der Waals surface area contributed by atoms with E-state index in [0.29, 0.717) is 5.92 Å². The third-order valence-electron chi connectivity index (χ3n) is 4.17. The minimum Gasteiger partial charge on any atom is -0.387 e. The summed E-state index contributed by atoms with van der Waals surface area (Å²) < 4.78 is 27.9. The highest BCUT2D eigenvalue weighted by Gasteiger charge is 2.39. The molecule has 1 aliphatic carbocycles. The van der Waals surface area contributed by atoms with E-state index >= 15 is 0 Å². The highest BCUT2D eigenvalue weighted by atomic mass is 35.5. The molecule has 3 atom stereocenters. The molecule has 2 nitrogen and oxygen atoms in total. The van der Waals surface area contributed by atoms with Gasteiger partial charge in [0.1, 0.15) is 17.7 Å². The Labute approximate surface area is 135 Å². The van der Waals surface area contributed by atoms with Crippen LogP contribution in [0.3, 0.4) is 0 Å². The van der Waals surface area contributed by atoms with Crippen molar-refractivity contribution < 1.29 is 13.9 Å². The second-order valence-corrected chi connectivity index (χ2v) is 5.89. The molecule has 0 bridgehead atoms. The zero-order valence-electron chi connectivity index (χ0n) is 12.1. The zero-order valence-corrected chi connectivity index (χ0v) is 13.6. The largest absolute Gasteiger partial charge is 0.387 e. The van der Waals surface area contributed by atoms with Crippen LogP contribution in [0.1, 0.15) is 37.9 Å². The maximum absolute atomic E-state index is 13.9. The molecule has 1 aliphatic rings. The van der Waals surface area contributed by atoms with Crippen LogP contribution in [0.2, 0.25) is 5.02 Å². The molecule has 1 aromatic rings. The number of likely N-dealkylation sites (N-methyl/N-ethyl adjacent to an activating group) is 1. The van der Waals surface area contributed by atoms with Crippen molar-refractivity contribution in [2.24, 2.45) is 11.8 Å². The van der Waals surface area contributed by atoms with E-state index in [1.54, 1.807) is 7.05 Å². The van der Waals surface area contributed by atoms with Gasteiger partial charge in [0.05, 0.1) is 5.56 Å². The third kappa shape index (κ3) is 4.07. The van der Waals surface area contributed by atoms with Crippen molar-refractivity contribution in [2.75, 3.05) is 7.05 Å². The number of benzene rings is 1. The van der Waals surface area contributed by atoms with Crippen molar-refractivity contribution >= 4 is 24.0 Å². The van der Waals surface area contributed by atoms with Crippen LogP contribution in [-0.4, -0.2) is 18.2 Å². The first kappa shape index (κ1) is 18.6. The Balaban J connectivity index is 0.00000220. The molecule has 0 saturated heterocycles. The van der Waals surface area contributed by atoms with Gasteiger partial charge in [0.15, 0.2) is 0 Å². The maximum Gasteiger partial charge on any atom is 0.133 e. The Hall–Kier alpha value is -0.420. The summed E-state index contributed by atoms with van der Waals surface area (Å²) in [6.07, 6.45) is 1.89. The first-order valence-corrected chi connectivity index (χ1v) is 7.37. The minimum atomic E-state index is -1.22. The van der Waals surface area contributed by atoms with Gasteiger partial charge >= 0.3 is 0 Å². The molecule has 6 heteroatoms. The lowest BCUT2D eigenvalue weighted by Crippen LogP contribution is -2.40. The van der Waals surface area contributed by atoms with Crippen LogP contribution in [-0.2, 0) is 0 Å². The van der Waals surface area contributed by atoms with E-state index in [-0.39, 0.29) is 35.0 Å². The van der Waals surface area contributed by atoms with Gasteiger partial charge in [-0.1, -0.05) is 24.9 Å². The van der Waals surface area contributed by atoms with Gasteiger partial charge in [-0.2, -0.15) is 0 Å². The molecule has 0 spiro atoms. The molecule has 0 amide bonds. The summed E-state index contributed by atoms with van der Waals surface area (Å²) in [5.74, 6) is -0.850. The normalized spacial score (nSPS) is 18.8. The standard InChI is InChI=1S/C15H20ClF2NO.ClH/c1-3-10(8-4-5-8)14(19-2)15(20)13-11(17)6-9(16)7-12(13)18;/h6-8,10,14-15,19-20H,3-5H2,1-2H3;1H/t10?,14-,15?;/m0./s1. The Kier molecular flexibility index (Phi) is 6.85. The monoisotopic (exact) mass is 339 g/mol. The van der Waals surface area contributed by atoms with E-state index < -0.39 is 17.7 Å². The first-order chi connectivity index (χ1) is 9.49. The topological polar surface area (TPSA) is 32.3 Å². The van der Waals surface area contributed by atoms with Gasteiger partial charge in [-0.15, -0.1) is 12.4 Å².